The van der Waals surface area contributed by atoms with Crippen LogP contribution in [0.3, 0.4) is 0 Å². The maximum atomic E-state index is 12.7. The minimum Gasteiger partial charge on any atom is -0.501 e. The topological polar surface area (TPSA) is 58.6 Å². The Morgan fingerprint density at radius 3 is 2.88 bits per heavy atom. The summed E-state index contributed by atoms with van der Waals surface area (Å²) >= 11 is 1.60. The Morgan fingerprint density at radius 2 is 2.17 bits per heavy atom. The first-order valence-electron chi connectivity index (χ1n) is 8.14. The monoisotopic (exact) mass is 346 g/mol. The molecule has 1 aromatic rings. The van der Waals surface area contributed by atoms with Crippen LogP contribution in [0.1, 0.15) is 24.0 Å². The molecule has 0 aliphatic carbocycles. The van der Waals surface area contributed by atoms with E-state index >= 15 is 0 Å². The largest absolute Gasteiger partial charge is 0.501 e. The van der Waals surface area contributed by atoms with E-state index in [-0.39, 0.29) is 11.8 Å². The zero-order chi connectivity index (χ0) is 17.1. The summed E-state index contributed by atoms with van der Waals surface area (Å²) in [7, 11) is 0. The van der Waals surface area contributed by atoms with E-state index in [1.54, 1.807) is 22.9 Å². The molecular weight excluding hydrogens is 324 g/mol. The van der Waals surface area contributed by atoms with Gasteiger partial charge in [0.25, 0.3) is 5.91 Å². The summed E-state index contributed by atoms with van der Waals surface area (Å²) in [6.07, 6.45) is 3.11. The smallest absolute Gasteiger partial charge is 0.254 e. The molecule has 2 aliphatic heterocycles. The molecule has 0 saturated carbocycles. The highest BCUT2D eigenvalue weighted by atomic mass is 32.2. The number of carbonyl (C=O) groups is 2. The van der Waals surface area contributed by atoms with Crippen molar-refractivity contribution >= 4 is 29.3 Å². The molecule has 2 heterocycles. The first-order chi connectivity index (χ1) is 11.6. The molecule has 24 heavy (non-hydrogen) atoms. The molecule has 0 aromatic heterocycles. The van der Waals surface area contributed by atoms with Crippen LogP contribution in [0.15, 0.2) is 30.0 Å². The molecule has 1 aromatic carbocycles. The molecule has 1 fully saturated rings. The van der Waals surface area contributed by atoms with E-state index in [2.05, 4.69) is 5.32 Å². The number of nitrogens with zero attached hydrogens (tertiary/aromatic N) is 1. The Kier molecular flexibility index (Phi) is 5.14. The minimum absolute atomic E-state index is 0.0829. The average Bonchev–Trinajstić information content (AvgIpc) is 3.07. The molecular formula is C18H22N2O3S. The van der Waals surface area contributed by atoms with Crippen LogP contribution in [0.25, 0.3) is 0 Å². The van der Waals surface area contributed by atoms with Crippen molar-refractivity contribution in [1.82, 2.24) is 4.90 Å². The number of benzene rings is 1. The zero-order valence-corrected chi connectivity index (χ0v) is 14.8. The molecule has 1 saturated heterocycles. The third-order valence-corrected chi connectivity index (χ3v) is 5.31. The van der Waals surface area contributed by atoms with Gasteiger partial charge in [-0.05, 0) is 38.3 Å². The molecule has 128 valence electrons. The number of rotatable bonds is 3. The van der Waals surface area contributed by atoms with Gasteiger partial charge in [-0.25, -0.2) is 0 Å². The van der Waals surface area contributed by atoms with E-state index in [1.165, 1.54) is 0 Å². The van der Waals surface area contributed by atoms with E-state index in [1.807, 2.05) is 32.0 Å². The third kappa shape index (κ3) is 3.59. The van der Waals surface area contributed by atoms with E-state index in [0.29, 0.717) is 30.2 Å². The lowest BCUT2D eigenvalue weighted by molar-refractivity contribution is -0.133. The van der Waals surface area contributed by atoms with Crippen LogP contribution < -0.4 is 5.32 Å². The van der Waals surface area contributed by atoms with Crippen LogP contribution >= 0.6 is 11.8 Å². The van der Waals surface area contributed by atoms with Gasteiger partial charge < -0.3 is 15.0 Å². The van der Waals surface area contributed by atoms with Gasteiger partial charge in [0.1, 0.15) is 6.04 Å². The number of hydrogen-bond donors (Lipinski definition) is 1. The quantitative estimate of drug-likeness (QED) is 0.914. The van der Waals surface area contributed by atoms with Crippen molar-refractivity contribution in [2.75, 3.05) is 23.6 Å². The van der Waals surface area contributed by atoms with Crippen molar-refractivity contribution in [2.24, 2.45) is 0 Å². The van der Waals surface area contributed by atoms with Gasteiger partial charge in [-0.1, -0.05) is 17.7 Å². The van der Waals surface area contributed by atoms with Crippen molar-refractivity contribution in [1.29, 1.82) is 0 Å². The summed E-state index contributed by atoms with van der Waals surface area (Å²) in [6.45, 7) is 4.65. The molecule has 3 rings (SSSR count). The maximum absolute atomic E-state index is 12.7. The predicted molar refractivity (Wildman–Crippen MR) is 95.8 cm³/mol. The zero-order valence-electron chi connectivity index (χ0n) is 14.0. The van der Waals surface area contributed by atoms with Crippen LogP contribution in [-0.4, -0.2) is 41.0 Å². The average molecular weight is 346 g/mol. The van der Waals surface area contributed by atoms with Gasteiger partial charge in [0, 0.05) is 11.4 Å². The Morgan fingerprint density at radius 1 is 1.33 bits per heavy atom. The number of ether oxygens (including phenoxy) is 1. The van der Waals surface area contributed by atoms with Crippen LogP contribution in [0.2, 0.25) is 0 Å². The number of carbonyl (C=O) groups excluding carboxylic acids is 2. The fourth-order valence-corrected chi connectivity index (χ4v) is 4.09. The minimum atomic E-state index is -0.439. The molecule has 6 heteroatoms. The first-order valence-corrected chi connectivity index (χ1v) is 9.29. The van der Waals surface area contributed by atoms with Gasteiger partial charge in [-0.2, -0.15) is 0 Å². The summed E-state index contributed by atoms with van der Waals surface area (Å²) in [5.41, 5.74) is 3.64. The normalized spacial score (nSPS) is 20.3. The molecule has 0 bridgehead atoms. The van der Waals surface area contributed by atoms with E-state index in [4.69, 9.17) is 4.74 Å². The Balaban J connectivity index is 1.71. The van der Waals surface area contributed by atoms with Crippen molar-refractivity contribution in [2.45, 2.75) is 32.7 Å². The van der Waals surface area contributed by atoms with Crippen molar-refractivity contribution in [3.8, 4) is 0 Å². The fraction of sp³-hybridized carbons (Fsp3) is 0.444. The summed E-state index contributed by atoms with van der Waals surface area (Å²) in [6, 6.07) is 5.48. The number of anilines is 1. The highest BCUT2D eigenvalue weighted by molar-refractivity contribution is 7.99. The number of amides is 2. The molecule has 0 unspecified atom stereocenters. The highest BCUT2D eigenvalue weighted by Crippen LogP contribution is 2.26. The second-order valence-electron chi connectivity index (χ2n) is 6.22. The Bertz CT molecular complexity index is 687. The lowest BCUT2D eigenvalue weighted by Crippen LogP contribution is -2.45. The predicted octanol–water partition coefficient (Wildman–Crippen LogP) is 2.84. The van der Waals surface area contributed by atoms with E-state index in [0.717, 1.165) is 23.2 Å². The second kappa shape index (κ2) is 7.30. The molecule has 5 nitrogen and oxygen atoms in total. The molecule has 1 N–H and O–H groups in total. The van der Waals surface area contributed by atoms with E-state index in [9.17, 15) is 9.59 Å². The lowest BCUT2D eigenvalue weighted by atomic mass is 10.1. The molecule has 2 aliphatic rings. The number of nitrogens with one attached hydrogen (secondary N) is 1. The SMILES string of the molecule is Cc1ccc(NC(=O)[C@@H]2CSCN2C(=O)C2=COCCC2)c(C)c1. The standard InChI is InChI=1S/C18H22N2O3S/c1-12-5-6-15(13(2)8-12)19-17(21)16-10-24-11-20(16)18(22)14-4-3-7-23-9-14/h5-6,8-9,16H,3-4,7,10-11H2,1-2H3,(H,19,21)/t16-/m0/s1. The molecule has 1 atom stereocenters. The molecule has 0 spiro atoms. The summed E-state index contributed by atoms with van der Waals surface area (Å²) in [5, 5.41) is 2.97. The third-order valence-electron chi connectivity index (χ3n) is 4.29. The van der Waals surface area contributed by atoms with Crippen molar-refractivity contribution in [3.05, 3.63) is 41.2 Å². The Labute approximate surface area is 146 Å². The molecule has 0 radical (unpaired) electrons. The highest BCUT2D eigenvalue weighted by Gasteiger charge is 2.36. The second-order valence-corrected chi connectivity index (χ2v) is 7.22. The number of aryl methyl sites for hydroxylation is 2. The van der Waals surface area contributed by atoms with Crippen molar-refractivity contribution in [3.63, 3.8) is 0 Å². The van der Waals surface area contributed by atoms with E-state index < -0.39 is 6.04 Å². The number of hydrogen-bond acceptors (Lipinski definition) is 4. The first kappa shape index (κ1) is 16.9. The van der Waals surface area contributed by atoms with Crippen LogP contribution in [0.5, 0.6) is 0 Å². The maximum Gasteiger partial charge on any atom is 0.254 e. The van der Waals surface area contributed by atoms with Crippen LogP contribution in [0, 0.1) is 13.8 Å². The van der Waals surface area contributed by atoms with Gasteiger partial charge in [0.05, 0.1) is 24.3 Å². The van der Waals surface area contributed by atoms with Crippen LogP contribution in [0.4, 0.5) is 5.69 Å². The molecule has 2 amide bonds. The van der Waals surface area contributed by atoms with Gasteiger partial charge >= 0.3 is 0 Å². The van der Waals surface area contributed by atoms with Gasteiger partial charge in [-0.3, -0.25) is 9.59 Å². The van der Waals surface area contributed by atoms with Crippen LogP contribution in [-0.2, 0) is 14.3 Å². The van der Waals surface area contributed by atoms with Gasteiger partial charge in [0.15, 0.2) is 0 Å². The lowest BCUT2D eigenvalue weighted by Gasteiger charge is -2.25. The summed E-state index contributed by atoms with van der Waals surface area (Å²) in [5.74, 6) is 0.954. The van der Waals surface area contributed by atoms with Gasteiger partial charge in [0.2, 0.25) is 5.91 Å². The Hall–Kier alpha value is -1.95. The fourth-order valence-electron chi connectivity index (χ4n) is 2.94. The summed E-state index contributed by atoms with van der Waals surface area (Å²) < 4.78 is 5.26. The van der Waals surface area contributed by atoms with Gasteiger partial charge in [-0.15, -0.1) is 11.8 Å². The van der Waals surface area contributed by atoms with Crippen molar-refractivity contribution < 1.29 is 14.3 Å². The number of thioether (sulfide) groups is 1. The summed E-state index contributed by atoms with van der Waals surface area (Å²) in [4.78, 5) is 27.0.